The number of quaternary nitrogens is 1. The number of nitrogens with one attached hydrogen (secondary N) is 1. The number of nitrogens with zero attached hydrogens (tertiary/aromatic N) is 1. The van der Waals surface area contributed by atoms with Gasteiger partial charge in [-0.15, -0.1) is 0 Å². The molecule has 77 heavy (non-hydrogen) atoms. The Balaban J connectivity index is 5.11. The summed E-state index contributed by atoms with van der Waals surface area (Å²) in [5, 5.41) is 3.07. The minimum absolute atomic E-state index is 0.0443. The highest BCUT2D eigenvalue weighted by Crippen LogP contribution is 2.43. The van der Waals surface area contributed by atoms with Gasteiger partial charge < -0.3 is 19.4 Å². The van der Waals surface area contributed by atoms with Crippen molar-refractivity contribution in [3.05, 3.63) is 24.3 Å². The Morgan fingerprint density at radius 1 is 0.442 bits per heavy atom. The molecule has 9 nitrogen and oxygen atoms in total. The van der Waals surface area contributed by atoms with Gasteiger partial charge in [0.2, 0.25) is 5.91 Å². The number of esters is 1. The number of rotatable bonds is 62. The van der Waals surface area contributed by atoms with E-state index in [4.69, 9.17) is 13.8 Å². The van der Waals surface area contributed by atoms with E-state index >= 15 is 0 Å². The minimum atomic E-state index is -4.44. The van der Waals surface area contributed by atoms with Crippen LogP contribution >= 0.6 is 7.82 Å². The summed E-state index contributed by atoms with van der Waals surface area (Å²) < 4.78 is 30.8. The van der Waals surface area contributed by atoms with Crippen LogP contribution in [0.1, 0.15) is 342 Å². The fourth-order valence-electron chi connectivity index (χ4n) is 10.2. The Morgan fingerprint density at radius 2 is 0.753 bits per heavy atom. The largest absolute Gasteiger partial charge is 0.472 e. The lowest BCUT2D eigenvalue weighted by Crippen LogP contribution is -2.47. The number of unbranched alkanes of at least 4 members (excludes halogenated alkanes) is 44. The van der Waals surface area contributed by atoms with Crippen LogP contribution < -0.4 is 5.32 Å². The molecule has 0 saturated heterocycles. The third-order valence-corrected chi connectivity index (χ3v) is 16.4. The van der Waals surface area contributed by atoms with Gasteiger partial charge in [0.15, 0.2) is 0 Å². The average molecular weight is 1110 g/mol. The van der Waals surface area contributed by atoms with E-state index in [1.54, 1.807) is 0 Å². The predicted molar refractivity (Wildman–Crippen MR) is 333 cm³/mol. The highest BCUT2D eigenvalue weighted by molar-refractivity contribution is 7.47. The molecule has 0 bridgehead atoms. The van der Waals surface area contributed by atoms with E-state index in [9.17, 15) is 19.0 Å². The highest BCUT2D eigenvalue weighted by atomic mass is 31.2. The summed E-state index contributed by atoms with van der Waals surface area (Å²) in [6.45, 7) is 7.07. The fourth-order valence-corrected chi connectivity index (χ4v) is 10.9. The van der Waals surface area contributed by atoms with Crippen LogP contribution in [-0.2, 0) is 27.9 Å². The van der Waals surface area contributed by atoms with Crippen molar-refractivity contribution in [2.75, 3.05) is 40.9 Å². The molecule has 0 aromatic carbocycles. The van der Waals surface area contributed by atoms with Gasteiger partial charge >= 0.3 is 13.8 Å². The summed E-state index contributed by atoms with van der Waals surface area (Å²) in [5.74, 6) is -0.484. The van der Waals surface area contributed by atoms with E-state index in [2.05, 4.69) is 38.2 Å². The molecule has 10 heteroatoms. The molecule has 2 N–H and O–H groups in total. The molecule has 0 radical (unpaired) electrons. The molecule has 3 unspecified atom stereocenters. The second-order valence-electron chi connectivity index (χ2n) is 24.4. The zero-order valence-corrected chi connectivity index (χ0v) is 53.1. The van der Waals surface area contributed by atoms with Gasteiger partial charge in [-0.1, -0.05) is 296 Å². The summed E-state index contributed by atoms with van der Waals surface area (Å²) in [4.78, 5) is 37.8. The van der Waals surface area contributed by atoms with Gasteiger partial charge in [0.1, 0.15) is 19.3 Å². The van der Waals surface area contributed by atoms with E-state index in [1.165, 1.54) is 250 Å². The van der Waals surface area contributed by atoms with Gasteiger partial charge in [-0.3, -0.25) is 18.6 Å². The summed E-state index contributed by atoms with van der Waals surface area (Å²) >= 11 is 0. The topological polar surface area (TPSA) is 111 Å². The Hall–Kier alpha value is -1.51. The molecule has 0 aliphatic heterocycles. The average Bonchev–Trinajstić information content (AvgIpc) is 3.39. The van der Waals surface area contributed by atoms with Crippen molar-refractivity contribution in [2.45, 2.75) is 354 Å². The van der Waals surface area contributed by atoms with Gasteiger partial charge in [0, 0.05) is 12.8 Å². The van der Waals surface area contributed by atoms with Crippen LogP contribution in [0.2, 0.25) is 0 Å². The molecule has 0 saturated carbocycles. The van der Waals surface area contributed by atoms with Crippen LogP contribution in [-0.4, -0.2) is 74.3 Å². The molecule has 0 heterocycles. The maximum Gasteiger partial charge on any atom is 0.472 e. The van der Waals surface area contributed by atoms with Crippen molar-refractivity contribution in [3.63, 3.8) is 0 Å². The standard InChI is InChI=1S/C67H131N2O7P/c1-7-10-13-16-19-22-25-28-30-31-32-33-34-35-36-37-39-41-44-47-50-53-56-59-66(70)68-64(63-75-77(72,73)74-62-61-69(4,5)6)65(58-55-52-49-46-43-40-27-24-21-18-15-12-9-3)76-67(71)60-57-54-51-48-45-42-38-29-26-23-20-17-14-11-8-2/h28,30,55,58,64-65H,7-27,29,31-54,56-57,59-63H2,1-6H3,(H-,68,70,72,73)/p+1/b30-28+,58-55-. The molecule has 3 atom stereocenters. The minimum Gasteiger partial charge on any atom is -0.456 e. The number of phosphoric ester groups is 1. The molecular weight excluding hydrogens is 976 g/mol. The van der Waals surface area contributed by atoms with Crippen molar-refractivity contribution >= 4 is 19.7 Å². The first-order valence-electron chi connectivity index (χ1n) is 33.7. The van der Waals surface area contributed by atoms with Crippen LogP contribution in [0.15, 0.2) is 24.3 Å². The number of carbonyl (C=O) groups is 2. The second-order valence-corrected chi connectivity index (χ2v) is 25.8. The smallest absolute Gasteiger partial charge is 0.456 e. The highest BCUT2D eigenvalue weighted by Gasteiger charge is 2.30. The Labute approximate surface area is 479 Å². The SMILES string of the molecule is CCCCCCCC/C=C/CCCCCCCCCCCCCCCC(=O)NC(COP(=O)(O)OCC[N+](C)(C)C)C(/C=C\CCCCCCCCCCCCC)OC(=O)CCCCCCCCCCCCCCCCC. The maximum atomic E-state index is 13.6. The summed E-state index contributed by atoms with van der Waals surface area (Å²) in [7, 11) is 1.52. The first-order valence-corrected chi connectivity index (χ1v) is 35.2. The van der Waals surface area contributed by atoms with E-state index in [0.29, 0.717) is 23.9 Å². The molecule has 0 spiro atoms. The number of allylic oxidation sites excluding steroid dienone is 3. The van der Waals surface area contributed by atoms with Crippen LogP contribution in [0.4, 0.5) is 0 Å². The zero-order chi connectivity index (χ0) is 56.4. The van der Waals surface area contributed by atoms with Crippen LogP contribution in [0.3, 0.4) is 0 Å². The van der Waals surface area contributed by atoms with Gasteiger partial charge in [-0.25, -0.2) is 4.57 Å². The van der Waals surface area contributed by atoms with Crippen LogP contribution in [0, 0.1) is 0 Å². The molecule has 1 amide bonds. The third kappa shape index (κ3) is 58.9. The Morgan fingerprint density at radius 3 is 1.10 bits per heavy atom. The molecule has 0 fully saturated rings. The van der Waals surface area contributed by atoms with Gasteiger partial charge in [0.25, 0.3) is 0 Å². The van der Waals surface area contributed by atoms with Gasteiger partial charge in [-0.2, -0.15) is 0 Å². The second kappa shape index (κ2) is 57.7. The monoisotopic (exact) mass is 1110 g/mol. The molecule has 0 aromatic heterocycles. The molecule has 0 aromatic rings. The van der Waals surface area contributed by atoms with Crippen molar-refractivity contribution < 1.29 is 37.3 Å². The predicted octanol–water partition coefficient (Wildman–Crippen LogP) is 20.9. The third-order valence-electron chi connectivity index (χ3n) is 15.4. The van der Waals surface area contributed by atoms with Crippen molar-refractivity contribution in [2.24, 2.45) is 0 Å². The van der Waals surface area contributed by atoms with E-state index < -0.39 is 20.0 Å². The molecule has 0 rings (SSSR count). The number of phosphoric acid groups is 1. The Bertz CT molecular complexity index is 1370. The van der Waals surface area contributed by atoms with E-state index in [0.717, 1.165) is 57.8 Å². The van der Waals surface area contributed by atoms with Crippen LogP contribution in [0.25, 0.3) is 0 Å². The fraction of sp³-hybridized carbons (Fsp3) is 0.910. The first kappa shape index (κ1) is 75.5. The number of ether oxygens (including phenoxy) is 1. The number of amides is 1. The number of likely N-dealkylation sites (N-methyl/N-ethyl adjacent to an activating group) is 1. The normalized spacial score (nSPS) is 13.7. The number of hydrogen-bond donors (Lipinski definition) is 2. The lowest BCUT2D eigenvalue weighted by Gasteiger charge is -2.27. The summed E-state index contributed by atoms with van der Waals surface area (Å²) in [5.41, 5.74) is 0. The lowest BCUT2D eigenvalue weighted by molar-refractivity contribution is -0.870. The van der Waals surface area contributed by atoms with Gasteiger partial charge in [-0.05, 0) is 57.4 Å². The summed E-state index contributed by atoms with van der Waals surface area (Å²) in [6.07, 6.45) is 68.9. The zero-order valence-electron chi connectivity index (χ0n) is 52.2. The Kier molecular flexibility index (Phi) is 56.6. The quantitative estimate of drug-likeness (QED) is 0.0205. The number of hydrogen-bond acceptors (Lipinski definition) is 6. The van der Waals surface area contributed by atoms with Crippen molar-refractivity contribution in [1.29, 1.82) is 0 Å². The van der Waals surface area contributed by atoms with Gasteiger partial charge in [0.05, 0.1) is 33.8 Å². The molecule has 456 valence electrons. The molecule has 0 aliphatic rings. The van der Waals surface area contributed by atoms with Crippen molar-refractivity contribution in [3.8, 4) is 0 Å². The maximum absolute atomic E-state index is 13.6. The molecule has 0 aliphatic carbocycles. The summed E-state index contributed by atoms with van der Waals surface area (Å²) in [6, 6.07) is -0.842. The molecular formula is C67H132N2O7P+. The van der Waals surface area contributed by atoms with E-state index in [1.807, 2.05) is 33.3 Å². The van der Waals surface area contributed by atoms with Crippen molar-refractivity contribution in [1.82, 2.24) is 5.32 Å². The lowest BCUT2D eigenvalue weighted by atomic mass is 10.0. The van der Waals surface area contributed by atoms with E-state index in [-0.39, 0.29) is 25.1 Å². The van der Waals surface area contributed by atoms with Crippen LogP contribution in [0.5, 0.6) is 0 Å². The number of carbonyl (C=O) groups excluding carboxylic acids is 2. The first-order chi connectivity index (χ1) is 37.4.